The quantitative estimate of drug-likeness (QED) is 0.770. The van der Waals surface area contributed by atoms with Crippen molar-refractivity contribution in [2.45, 2.75) is 20.8 Å². The predicted molar refractivity (Wildman–Crippen MR) is 85.3 cm³/mol. The maximum Gasteiger partial charge on any atom is 0.182 e. The topological polar surface area (TPSA) is 94.5 Å². The molecule has 0 unspecified atom stereocenters. The minimum atomic E-state index is 0.429. The van der Waals surface area contributed by atoms with Crippen LogP contribution >= 0.6 is 0 Å². The van der Waals surface area contributed by atoms with Gasteiger partial charge in [-0.3, -0.25) is 0 Å². The highest BCUT2D eigenvalue weighted by atomic mass is 15.3. The Labute approximate surface area is 128 Å². The summed E-state index contributed by atoms with van der Waals surface area (Å²) in [6, 6.07) is 5.82. The van der Waals surface area contributed by atoms with Crippen LogP contribution in [0.4, 0.5) is 17.3 Å². The van der Waals surface area contributed by atoms with Crippen LogP contribution in [-0.4, -0.2) is 24.7 Å². The Hall–Kier alpha value is -2.96. The number of nitrogen functional groups attached to an aromatic ring is 1. The van der Waals surface area contributed by atoms with Gasteiger partial charge in [0.25, 0.3) is 0 Å². The lowest BCUT2D eigenvalue weighted by Crippen LogP contribution is -2.10. The molecule has 0 bridgehead atoms. The van der Waals surface area contributed by atoms with Crippen molar-refractivity contribution < 1.29 is 0 Å². The maximum absolute atomic E-state index is 6.22. The van der Waals surface area contributed by atoms with Crippen LogP contribution in [0.25, 0.3) is 5.82 Å². The summed E-state index contributed by atoms with van der Waals surface area (Å²) in [7, 11) is 0. The molecule has 0 saturated carbocycles. The van der Waals surface area contributed by atoms with E-state index in [0.29, 0.717) is 23.1 Å². The van der Waals surface area contributed by atoms with Crippen LogP contribution in [-0.2, 0) is 0 Å². The third kappa shape index (κ3) is 2.48. The van der Waals surface area contributed by atoms with Crippen LogP contribution in [0.3, 0.4) is 0 Å². The number of nitrogens with zero attached hydrogens (tertiary/aromatic N) is 5. The number of nitrogens with one attached hydrogen (secondary N) is 1. The monoisotopic (exact) mass is 295 g/mol. The molecule has 0 atom stereocenters. The van der Waals surface area contributed by atoms with Crippen LogP contribution in [0.1, 0.15) is 17.0 Å². The molecule has 3 aromatic rings. The fourth-order valence-electron chi connectivity index (χ4n) is 2.23. The lowest BCUT2D eigenvalue weighted by atomic mass is 10.3. The van der Waals surface area contributed by atoms with Crippen LogP contribution < -0.4 is 11.1 Å². The minimum Gasteiger partial charge on any atom is -0.393 e. The first kappa shape index (κ1) is 14.0. The predicted octanol–water partition coefficient (Wildman–Crippen LogP) is 2.31. The number of pyridine rings is 1. The molecule has 0 aliphatic rings. The molecule has 0 saturated heterocycles. The van der Waals surface area contributed by atoms with E-state index in [2.05, 4.69) is 25.4 Å². The molecule has 0 fully saturated rings. The van der Waals surface area contributed by atoms with Crippen LogP contribution in [0.15, 0.2) is 30.7 Å². The summed E-state index contributed by atoms with van der Waals surface area (Å²) in [5, 5.41) is 7.56. The third-order valence-corrected chi connectivity index (χ3v) is 3.32. The maximum atomic E-state index is 6.22. The average Bonchev–Trinajstić information content (AvgIpc) is 2.82. The van der Waals surface area contributed by atoms with E-state index < -0.39 is 0 Å². The summed E-state index contributed by atoms with van der Waals surface area (Å²) in [6.07, 6.45) is 3.18. The molecule has 0 aliphatic heterocycles. The molecule has 22 heavy (non-hydrogen) atoms. The van der Waals surface area contributed by atoms with E-state index in [4.69, 9.17) is 5.73 Å². The van der Waals surface area contributed by atoms with Crippen molar-refractivity contribution in [1.82, 2.24) is 24.7 Å². The van der Waals surface area contributed by atoms with Crippen LogP contribution in [0, 0.1) is 20.8 Å². The zero-order chi connectivity index (χ0) is 15.7. The molecule has 7 nitrogen and oxygen atoms in total. The zero-order valence-electron chi connectivity index (χ0n) is 12.7. The fourth-order valence-corrected chi connectivity index (χ4v) is 2.23. The van der Waals surface area contributed by atoms with E-state index in [1.54, 1.807) is 10.9 Å². The van der Waals surface area contributed by atoms with Gasteiger partial charge in [0.1, 0.15) is 17.8 Å². The second-order valence-electron chi connectivity index (χ2n) is 5.09. The highest BCUT2D eigenvalue weighted by molar-refractivity contribution is 5.73. The van der Waals surface area contributed by atoms with Crippen molar-refractivity contribution in [1.29, 1.82) is 0 Å². The molecular formula is C15H17N7. The van der Waals surface area contributed by atoms with Crippen LogP contribution in [0.2, 0.25) is 0 Å². The summed E-state index contributed by atoms with van der Waals surface area (Å²) in [4.78, 5) is 12.7. The molecule has 3 aromatic heterocycles. The van der Waals surface area contributed by atoms with E-state index in [0.717, 1.165) is 17.0 Å². The SMILES string of the molecule is Cc1cc(C)n(-c2ncnc(Nc3ncccc3C)c2N)n1. The molecule has 7 heteroatoms. The van der Waals surface area contributed by atoms with Gasteiger partial charge >= 0.3 is 0 Å². The van der Waals surface area contributed by atoms with Gasteiger partial charge < -0.3 is 11.1 Å². The number of rotatable bonds is 3. The number of hydrogen-bond acceptors (Lipinski definition) is 6. The van der Waals surface area contributed by atoms with Crippen molar-refractivity contribution in [3.05, 3.63) is 47.7 Å². The molecule has 3 N–H and O–H groups in total. The Morgan fingerprint density at radius 1 is 1.09 bits per heavy atom. The van der Waals surface area contributed by atoms with Gasteiger partial charge in [-0.05, 0) is 38.5 Å². The van der Waals surface area contributed by atoms with Gasteiger partial charge in [-0.15, -0.1) is 0 Å². The van der Waals surface area contributed by atoms with Gasteiger partial charge in [-0.25, -0.2) is 19.6 Å². The van der Waals surface area contributed by atoms with Gasteiger partial charge in [0, 0.05) is 11.9 Å². The van der Waals surface area contributed by atoms with Crippen molar-refractivity contribution in [3.8, 4) is 5.82 Å². The van der Waals surface area contributed by atoms with Gasteiger partial charge in [0.05, 0.1) is 5.69 Å². The van der Waals surface area contributed by atoms with E-state index in [1.165, 1.54) is 6.33 Å². The lowest BCUT2D eigenvalue weighted by Gasteiger charge is -2.12. The summed E-state index contributed by atoms with van der Waals surface area (Å²) < 4.78 is 1.71. The summed E-state index contributed by atoms with van der Waals surface area (Å²) in [5.41, 5.74) is 9.52. The molecule has 0 amide bonds. The zero-order valence-corrected chi connectivity index (χ0v) is 12.7. The summed E-state index contributed by atoms with van der Waals surface area (Å²) in [5.74, 6) is 1.78. The summed E-state index contributed by atoms with van der Waals surface area (Å²) >= 11 is 0. The second-order valence-corrected chi connectivity index (χ2v) is 5.09. The Balaban J connectivity index is 2.03. The first-order valence-electron chi connectivity index (χ1n) is 6.89. The van der Waals surface area contributed by atoms with E-state index in [-0.39, 0.29) is 0 Å². The third-order valence-electron chi connectivity index (χ3n) is 3.32. The van der Waals surface area contributed by atoms with E-state index in [9.17, 15) is 0 Å². The van der Waals surface area contributed by atoms with E-state index >= 15 is 0 Å². The standard InChI is InChI=1S/C15H17N7/c1-9-5-4-6-17-13(9)20-14-12(16)15(19-8-18-14)22-11(3)7-10(2)21-22/h4-8H,16H2,1-3H3,(H,17,18,19,20). The van der Waals surface area contributed by atoms with Gasteiger partial charge in [0.15, 0.2) is 11.6 Å². The molecule has 3 rings (SSSR count). The van der Waals surface area contributed by atoms with Crippen molar-refractivity contribution in [2.75, 3.05) is 11.1 Å². The summed E-state index contributed by atoms with van der Waals surface area (Å²) in [6.45, 7) is 5.85. The number of aryl methyl sites for hydroxylation is 3. The molecule has 3 heterocycles. The van der Waals surface area contributed by atoms with Gasteiger partial charge in [0.2, 0.25) is 0 Å². The minimum absolute atomic E-state index is 0.429. The molecule has 0 aliphatic carbocycles. The number of aromatic nitrogens is 5. The van der Waals surface area contributed by atoms with Crippen LogP contribution in [0.5, 0.6) is 0 Å². The number of anilines is 3. The van der Waals surface area contributed by atoms with Gasteiger partial charge in [-0.2, -0.15) is 5.10 Å². The highest BCUT2D eigenvalue weighted by Gasteiger charge is 2.14. The van der Waals surface area contributed by atoms with Gasteiger partial charge in [-0.1, -0.05) is 6.07 Å². The number of nitrogens with two attached hydrogens (primary N) is 1. The normalized spacial score (nSPS) is 10.7. The molecule has 112 valence electrons. The Morgan fingerprint density at radius 3 is 2.59 bits per heavy atom. The largest absolute Gasteiger partial charge is 0.393 e. The first-order valence-corrected chi connectivity index (χ1v) is 6.89. The van der Waals surface area contributed by atoms with Crippen molar-refractivity contribution in [3.63, 3.8) is 0 Å². The number of hydrogen-bond donors (Lipinski definition) is 2. The van der Waals surface area contributed by atoms with Crippen molar-refractivity contribution >= 4 is 17.3 Å². The second kappa shape index (κ2) is 5.44. The molecule has 0 spiro atoms. The Bertz CT molecular complexity index is 823. The molecular weight excluding hydrogens is 278 g/mol. The fraction of sp³-hybridized carbons (Fsp3) is 0.200. The molecule has 0 radical (unpaired) electrons. The average molecular weight is 295 g/mol. The first-order chi connectivity index (χ1) is 10.6. The molecule has 0 aromatic carbocycles. The Morgan fingerprint density at radius 2 is 1.91 bits per heavy atom. The van der Waals surface area contributed by atoms with Crippen molar-refractivity contribution in [2.24, 2.45) is 0 Å². The smallest absolute Gasteiger partial charge is 0.182 e. The van der Waals surface area contributed by atoms with E-state index in [1.807, 2.05) is 39.0 Å². The lowest BCUT2D eigenvalue weighted by molar-refractivity contribution is 0.804. The highest BCUT2D eigenvalue weighted by Crippen LogP contribution is 2.25. The Kier molecular flexibility index (Phi) is 3.46.